The van der Waals surface area contributed by atoms with E-state index in [9.17, 15) is 9.59 Å². The molecule has 0 radical (unpaired) electrons. The lowest BCUT2D eigenvalue weighted by Gasteiger charge is -2.22. The monoisotopic (exact) mass is 343 g/mol. The molecule has 0 atom stereocenters. The second kappa shape index (κ2) is 9.99. The third kappa shape index (κ3) is 6.70. The van der Waals surface area contributed by atoms with Crippen molar-refractivity contribution >= 4 is 17.9 Å². The lowest BCUT2D eigenvalue weighted by Crippen LogP contribution is -2.39. The first-order valence-electron chi connectivity index (χ1n) is 8.98. The van der Waals surface area contributed by atoms with Crippen LogP contribution in [-0.4, -0.2) is 73.3 Å². The molecule has 136 valence electrons. The van der Waals surface area contributed by atoms with E-state index >= 15 is 0 Å². The lowest BCUT2D eigenvalue weighted by molar-refractivity contribution is -0.131. The van der Waals surface area contributed by atoms with E-state index < -0.39 is 0 Å². The number of carbonyl (C=O) groups is 2. The predicted octanol–water partition coefficient (Wildman–Crippen LogP) is 2.10. The maximum absolute atomic E-state index is 12.4. The van der Waals surface area contributed by atoms with Gasteiger partial charge in [0.15, 0.2) is 0 Å². The Bertz CT molecular complexity index is 584. The van der Waals surface area contributed by atoms with E-state index in [4.69, 9.17) is 0 Å². The van der Waals surface area contributed by atoms with Crippen LogP contribution in [-0.2, 0) is 9.59 Å². The molecule has 1 aromatic rings. The van der Waals surface area contributed by atoms with Gasteiger partial charge in [0, 0.05) is 46.7 Å². The van der Waals surface area contributed by atoms with E-state index in [0.717, 1.165) is 38.0 Å². The van der Waals surface area contributed by atoms with Gasteiger partial charge in [0.2, 0.25) is 11.8 Å². The van der Waals surface area contributed by atoms with Crippen LogP contribution in [0.4, 0.5) is 0 Å². The quantitative estimate of drug-likeness (QED) is 0.794. The molecule has 0 saturated carbocycles. The summed E-state index contributed by atoms with van der Waals surface area (Å²) in [6, 6.07) is 10.1. The van der Waals surface area contributed by atoms with E-state index in [2.05, 4.69) is 29.2 Å². The van der Waals surface area contributed by atoms with Crippen molar-refractivity contribution in [3.63, 3.8) is 0 Å². The maximum atomic E-state index is 12.4. The van der Waals surface area contributed by atoms with Gasteiger partial charge in [-0.25, -0.2) is 0 Å². The summed E-state index contributed by atoms with van der Waals surface area (Å²) < 4.78 is 0. The van der Waals surface area contributed by atoms with E-state index in [0.29, 0.717) is 19.5 Å². The second-order valence-corrected chi connectivity index (χ2v) is 6.65. The largest absolute Gasteiger partial charge is 0.348 e. The predicted molar refractivity (Wildman–Crippen MR) is 101 cm³/mol. The number of nitrogens with zero attached hydrogens (tertiary/aromatic N) is 3. The summed E-state index contributed by atoms with van der Waals surface area (Å²) in [5.74, 6) is 0.323. The molecule has 0 bridgehead atoms. The van der Waals surface area contributed by atoms with Crippen LogP contribution in [0.25, 0.3) is 6.08 Å². The zero-order valence-corrected chi connectivity index (χ0v) is 15.4. The van der Waals surface area contributed by atoms with Gasteiger partial charge in [0.05, 0.1) is 6.54 Å². The molecule has 0 N–H and O–H groups in total. The van der Waals surface area contributed by atoms with Crippen LogP contribution in [0.1, 0.15) is 24.8 Å². The fraction of sp³-hybridized carbons (Fsp3) is 0.500. The van der Waals surface area contributed by atoms with E-state index in [-0.39, 0.29) is 11.8 Å². The summed E-state index contributed by atoms with van der Waals surface area (Å²) in [7, 11) is 3.55. The molecule has 2 rings (SSSR count). The smallest absolute Gasteiger partial charge is 0.236 e. The fourth-order valence-electron chi connectivity index (χ4n) is 2.86. The number of hydrogen-bond acceptors (Lipinski definition) is 3. The van der Waals surface area contributed by atoms with E-state index in [1.165, 1.54) is 0 Å². The first-order chi connectivity index (χ1) is 12.1. The van der Waals surface area contributed by atoms with Crippen LogP contribution >= 0.6 is 0 Å². The summed E-state index contributed by atoms with van der Waals surface area (Å²) in [5.41, 5.74) is 1.16. The van der Waals surface area contributed by atoms with Gasteiger partial charge in [-0.15, -0.1) is 0 Å². The van der Waals surface area contributed by atoms with Crippen LogP contribution in [0.5, 0.6) is 0 Å². The van der Waals surface area contributed by atoms with Crippen molar-refractivity contribution in [1.82, 2.24) is 14.7 Å². The van der Waals surface area contributed by atoms with Crippen molar-refractivity contribution in [1.29, 1.82) is 0 Å². The average Bonchev–Trinajstić information content (AvgIpc) is 2.85. The molecular formula is C20H29N3O2. The number of likely N-dealkylation sites (N-methyl/N-ethyl adjacent to an activating group) is 1. The van der Waals surface area contributed by atoms with Crippen molar-refractivity contribution in [2.24, 2.45) is 0 Å². The Morgan fingerprint density at radius 2 is 1.84 bits per heavy atom. The Kier molecular flexibility index (Phi) is 7.67. The highest BCUT2D eigenvalue weighted by Gasteiger charge is 2.20. The minimum atomic E-state index is 0.117. The number of rotatable bonds is 6. The van der Waals surface area contributed by atoms with Crippen molar-refractivity contribution < 1.29 is 9.59 Å². The second-order valence-electron chi connectivity index (χ2n) is 6.65. The Labute approximate surface area is 150 Å². The standard InChI is InChI=1S/C20H29N3O2/c1-21(2)20(25)17-22-13-8-14-23(16-15-22)19(24)12-7-6-11-18-9-4-3-5-10-18/h3-6,9-11H,7-8,12-17H2,1-2H3/b11-6+. The SMILES string of the molecule is CN(C)C(=O)CN1CCCN(C(=O)CC/C=C/c2ccccc2)CC1. The molecule has 5 nitrogen and oxygen atoms in total. The molecule has 1 heterocycles. The number of carbonyl (C=O) groups excluding carboxylic acids is 2. The Morgan fingerprint density at radius 1 is 1.08 bits per heavy atom. The van der Waals surface area contributed by atoms with Crippen molar-refractivity contribution in [3.05, 3.63) is 42.0 Å². The highest BCUT2D eigenvalue weighted by Crippen LogP contribution is 2.08. The minimum absolute atomic E-state index is 0.117. The van der Waals surface area contributed by atoms with Crippen LogP contribution in [0.15, 0.2) is 36.4 Å². The topological polar surface area (TPSA) is 43.9 Å². The van der Waals surface area contributed by atoms with Gasteiger partial charge in [0.1, 0.15) is 0 Å². The van der Waals surface area contributed by atoms with Gasteiger partial charge in [-0.3, -0.25) is 14.5 Å². The summed E-state index contributed by atoms with van der Waals surface area (Å²) in [6.45, 7) is 3.58. The number of amides is 2. The van der Waals surface area contributed by atoms with Crippen molar-refractivity contribution in [2.75, 3.05) is 46.8 Å². The normalized spacial score (nSPS) is 16.0. The van der Waals surface area contributed by atoms with Gasteiger partial charge in [-0.1, -0.05) is 42.5 Å². The third-order valence-electron chi connectivity index (χ3n) is 4.43. The lowest BCUT2D eigenvalue weighted by atomic mass is 10.2. The first-order valence-corrected chi connectivity index (χ1v) is 8.98. The van der Waals surface area contributed by atoms with Crippen molar-refractivity contribution in [3.8, 4) is 0 Å². The van der Waals surface area contributed by atoms with Crippen LogP contribution in [0, 0.1) is 0 Å². The van der Waals surface area contributed by atoms with Gasteiger partial charge in [0.25, 0.3) is 0 Å². The summed E-state index contributed by atoms with van der Waals surface area (Å²) >= 11 is 0. The fourth-order valence-corrected chi connectivity index (χ4v) is 2.86. The molecule has 1 aliphatic heterocycles. The summed E-state index contributed by atoms with van der Waals surface area (Å²) in [6.07, 6.45) is 6.34. The summed E-state index contributed by atoms with van der Waals surface area (Å²) in [4.78, 5) is 29.9. The van der Waals surface area contributed by atoms with Crippen LogP contribution in [0.3, 0.4) is 0 Å². The van der Waals surface area contributed by atoms with Gasteiger partial charge in [-0.2, -0.15) is 0 Å². The molecule has 0 spiro atoms. The molecule has 1 saturated heterocycles. The molecule has 5 heteroatoms. The van der Waals surface area contributed by atoms with Crippen LogP contribution < -0.4 is 0 Å². The molecular weight excluding hydrogens is 314 g/mol. The number of allylic oxidation sites excluding steroid dienone is 1. The highest BCUT2D eigenvalue weighted by atomic mass is 16.2. The Morgan fingerprint density at radius 3 is 2.56 bits per heavy atom. The van der Waals surface area contributed by atoms with Gasteiger partial charge >= 0.3 is 0 Å². The zero-order valence-electron chi connectivity index (χ0n) is 15.4. The van der Waals surface area contributed by atoms with Gasteiger partial charge in [-0.05, 0) is 18.4 Å². The van der Waals surface area contributed by atoms with Crippen molar-refractivity contribution in [2.45, 2.75) is 19.3 Å². The zero-order chi connectivity index (χ0) is 18.1. The van der Waals surface area contributed by atoms with Crippen LogP contribution in [0.2, 0.25) is 0 Å². The Hall–Kier alpha value is -2.14. The number of hydrogen-bond donors (Lipinski definition) is 0. The van der Waals surface area contributed by atoms with Gasteiger partial charge < -0.3 is 9.80 Å². The Balaban J connectivity index is 1.73. The van der Waals surface area contributed by atoms with E-state index in [1.807, 2.05) is 23.1 Å². The molecule has 1 aliphatic rings. The summed E-state index contributed by atoms with van der Waals surface area (Å²) in [5, 5.41) is 0. The third-order valence-corrected chi connectivity index (χ3v) is 4.43. The molecule has 0 aromatic heterocycles. The maximum Gasteiger partial charge on any atom is 0.236 e. The number of benzene rings is 1. The highest BCUT2D eigenvalue weighted by molar-refractivity contribution is 5.78. The molecule has 2 amide bonds. The molecule has 0 unspecified atom stereocenters. The molecule has 1 aromatic carbocycles. The molecule has 1 fully saturated rings. The minimum Gasteiger partial charge on any atom is -0.348 e. The average molecular weight is 343 g/mol. The first kappa shape index (κ1) is 19.2. The molecule has 25 heavy (non-hydrogen) atoms. The van der Waals surface area contributed by atoms with E-state index in [1.54, 1.807) is 19.0 Å². The molecule has 0 aliphatic carbocycles.